The number of nitrogens with two attached hydrogens (primary N) is 1. The molecule has 314 valence electrons. The molecule has 1 aliphatic heterocycles. The number of unbranched alkanes of at least 4 members (excludes halogenated alkanes) is 15. The number of ether oxygens (including phenoxy) is 3. The molecule has 0 spiro atoms. The number of rotatable bonds is 29. The number of aliphatic hydroxyl groups is 2. The van der Waals surface area contributed by atoms with Crippen molar-refractivity contribution in [2.45, 2.75) is 166 Å². The fourth-order valence-electron chi connectivity index (χ4n) is 7.74. The zero-order chi connectivity index (χ0) is 39.6. The van der Waals surface area contributed by atoms with E-state index in [4.69, 9.17) is 29.0 Å². The first-order valence-electron chi connectivity index (χ1n) is 21.3. The molecule has 3 heterocycles. The molecule has 5 N–H and O–H groups in total. The van der Waals surface area contributed by atoms with Gasteiger partial charge in [-0.2, -0.15) is 5.10 Å². The molecular formula is C42H67N4O9P. The molecule has 1 aliphatic carbocycles. The lowest BCUT2D eigenvalue weighted by Crippen LogP contribution is -2.33. The van der Waals surface area contributed by atoms with Crippen LogP contribution in [0.15, 0.2) is 36.7 Å². The number of nitrogen functional groups attached to an aromatic ring is 1. The number of nitrogens with zero attached hydrogens (tertiary/aromatic N) is 3. The number of hydrogen-bond donors (Lipinski definition) is 4. The second-order valence-electron chi connectivity index (χ2n) is 15.6. The highest BCUT2D eigenvalue weighted by atomic mass is 31.2. The van der Waals surface area contributed by atoms with Crippen LogP contribution in [0.5, 0.6) is 0 Å². The number of aliphatic hydroxyl groups excluding tert-OH is 2. The summed E-state index contributed by atoms with van der Waals surface area (Å²) in [5.74, 6) is 0.248. The quantitative estimate of drug-likeness (QED) is 0.0394. The van der Waals surface area contributed by atoms with Gasteiger partial charge >= 0.3 is 7.82 Å². The molecule has 2 unspecified atom stereocenters. The average Bonchev–Trinajstić information content (AvgIpc) is 3.92. The number of hydrogen-bond acceptors (Lipinski definition) is 11. The van der Waals surface area contributed by atoms with E-state index < -0.39 is 44.9 Å². The van der Waals surface area contributed by atoms with Crippen LogP contribution in [0.25, 0.3) is 5.52 Å². The smallest absolute Gasteiger partial charge is 0.387 e. The van der Waals surface area contributed by atoms with Crippen molar-refractivity contribution in [2.24, 2.45) is 0 Å². The highest BCUT2D eigenvalue weighted by molar-refractivity contribution is 7.47. The van der Waals surface area contributed by atoms with Gasteiger partial charge in [-0.05, 0) is 54.5 Å². The zero-order valence-corrected chi connectivity index (χ0v) is 34.4. The lowest BCUT2D eigenvalue weighted by atomic mass is 10.0. The highest BCUT2D eigenvalue weighted by Crippen LogP contribution is 2.45. The van der Waals surface area contributed by atoms with E-state index in [0.29, 0.717) is 24.4 Å². The Kier molecular flexibility index (Phi) is 19.0. The molecule has 2 aromatic heterocycles. The van der Waals surface area contributed by atoms with Crippen molar-refractivity contribution in [2.75, 3.05) is 32.2 Å². The minimum atomic E-state index is -4.61. The number of aromatic nitrogens is 3. The van der Waals surface area contributed by atoms with Crippen LogP contribution >= 0.6 is 7.82 Å². The molecule has 1 saturated heterocycles. The molecule has 0 amide bonds. The minimum Gasteiger partial charge on any atom is -0.387 e. The molecule has 2 aliphatic rings. The van der Waals surface area contributed by atoms with Crippen molar-refractivity contribution in [3.8, 4) is 0 Å². The van der Waals surface area contributed by atoms with Gasteiger partial charge in [-0.25, -0.2) is 14.1 Å². The summed E-state index contributed by atoms with van der Waals surface area (Å²) in [5.41, 5.74) is 10.6. The van der Waals surface area contributed by atoms with Crippen LogP contribution in [-0.4, -0.2) is 80.5 Å². The second kappa shape index (κ2) is 23.8. The number of anilines is 1. The Labute approximate surface area is 333 Å². The number of fused-ring (bicyclic) bond motifs is 2. The Morgan fingerprint density at radius 1 is 0.857 bits per heavy atom. The molecule has 0 radical (unpaired) electrons. The zero-order valence-electron chi connectivity index (χ0n) is 33.5. The summed E-state index contributed by atoms with van der Waals surface area (Å²) < 4.78 is 43.1. The maximum absolute atomic E-state index is 13.0. The molecule has 5 rings (SSSR count). The first kappa shape index (κ1) is 44.6. The van der Waals surface area contributed by atoms with Crippen molar-refractivity contribution >= 4 is 19.2 Å². The van der Waals surface area contributed by atoms with Crippen LogP contribution in [0.1, 0.15) is 145 Å². The van der Waals surface area contributed by atoms with Gasteiger partial charge in [-0.1, -0.05) is 121 Å². The summed E-state index contributed by atoms with van der Waals surface area (Å²) in [6, 6.07) is 9.73. The third kappa shape index (κ3) is 14.1. The maximum Gasteiger partial charge on any atom is 0.472 e. The normalized spacial score (nSPS) is 21.1. The molecule has 6 atom stereocenters. The summed E-state index contributed by atoms with van der Waals surface area (Å²) in [5, 5.41) is 25.7. The van der Waals surface area contributed by atoms with E-state index >= 15 is 0 Å². The topological polar surface area (TPSA) is 180 Å². The minimum absolute atomic E-state index is 0.196. The van der Waals surface area contributed by atoms with Gasteiger partial charge in [0.05, 0.1) is 32.1 Å². The predicted molar refractivity (Wildman–Crippen MR) is 216 cm³/mol. The van der Waals surface area contributed by atoms with Gasteiger partial charge in [0.25, 0.3) is 0 Å². The van der Waals surface area contributed by atoms with Gasteiger partial charge in [0, 0.05) is 6.61 Å². The van der Waals surface area contributed by atoms with Crippen LogP contribution < -0.4 is 5.73 Å². The molecule has 1 aromatic carbocycles. The van der Waals surface area contributed by atoms with E-state index in [0.717, 1.165) is 37.7 Å². The van der Waals surface area contributed by atoms with Gasteiger partial charge in [-0.15, -0.1) is 0 Å². The van der Waals surface area contributed by atoms with Crippen molar-refractivity contribution in [3.63, 3.8) is 0 Å². The molecular weight excluding hydrogens is 735 g/mol. The Balaban J connectivity index is 0.995. The van der Waals surface area contributed by atoms with E-state index in [2.05, 4.69) is 35.2 Å². The van der Waals surface area contributed by atoms with Gasteiger partial charge in [-0.3, -0.25) is 9.05 Å². The summed E-state index contributed by atoms with van der Waals surface area (Å²) in [4.78, 5) is 14.6. The molecule has 3 aromatic rings. The Bertz CT molecular complexity index is 1630. The predicted octanol–water partition coefficient (Wildman–Crippen LogP) is 7.96. The van der Waals surface area contributed by atoms with Crippen LogP contribution in [0.4, 0.5) is 5.82 Å². The van der Waals surface area contributed by atoms with Crippen molar-refractivity contribution in [1.29, 1.82) is 0 Å². The number of aryl methyl sites for hydroxylation is 2. The van der Waals surface area contributed by atoms with Crippen molar-refractivity contribution in [3.05, 3.63) is 59.0 Å². The Morgan fingerprint density at radius 3 is 2.21 bits per heavy atom. The highest BCUT2D eigenvalue weighted by Gasteiger charge is 2.45. The molecule has 0 saturated carbocycles. The molecule has 14 heteroatoms. The molecule has 56 heavy (non-hydrogen) atoms. The first-order valence-corrected chi connectivity index (χ1v) is 22.8. The van der Waals surface area contributed by atoms with Crippen molar-refractivity contribution in [1.82, 2.24) is 14.6 Å². The van der Waals surface area contributed by atoms with E-state index in [9.17, 15) is 19.7 Å². The van der Waals surface area contributed by atoms with Crippen molar-refractivity contribution < 1.29 is 42.9 Å². The van der Waals surface area contributed by atoms with E-state index in [1.165, 1.54) is 112 Å². The fraction of sp³-hybridized carbons (Fsp3) is 0.714. The summed E-state index contributed by atoms with van der Waals surface area (Å²) in [6.07, 6.45) is 20.0. The summed E-state index contributed by atoms with van der Waals surface area (Å²) in [6.45, 7) is 2.60. The van der Waals surface area contributed by atoms with Gasteiger partial charge in [0.2, 0.25) is 0 Å². The first-order chi connectivity index (χ1) is 27.3. The molecule has 13 nitrogen and oxygen atoms in total. The Hall–Kier alpha value is -2.45. The third-order valence-corrected chi connectivity index (χ3v) is 12.0. The maximum atomic E-state index is 13.0. The van der Waals surface area contributed by atoms with Crippen LogP contribution in [0, 0.1) is 0 Å². The largest absolute Gasteiger partial charge is 0.472 e. The fourth-order valence-corrected chi connectivity index (χ4v) is 8.51. The Morgan fingerprint density at radius 2 is 1.52 bits per heavy atom. The number of phosphoric ester groups is 1. The molecule has 0 bridgehead atoms. The standard InChI is InChI=1S/C42H67N4O9P/c1-2-3-4-5-6-7-8-9-10-11-12-13-14-15-16-17-25-51-28-35(52-27-32-21-22-33-19-18-20-34(33)26-32)29-53-56(49,50)54-30-38-39(47)40(48)41(55-38)36-23-24-37-42(43)44-31-45-46(36)37/h21-24,26,31,35,38-41,47-48H,2-20,25,27-30H2,1H3,(H,49,50)(H2,43,44,45)/t35-,38-,39-,40-,41?/m1/s1. The third-order valence-electron chi connectivity index (χ3n) is 11.1. The monoisotopic (exact) mass is 802 g/mol. The SMILES string of the molecule is CCCCCCCCCCCCCCCCCCOC[C@H](COP(=O)(O)OC[C@H]1OC(c2ccc3c(N)ncnn23)[C@H](O)[C@@H]1O)OCc1ccc2c(c1)CCC2. The van der Waals surface area contributed by atoms with E-state index in [-0.39, 0.29) is 19.0 Å². The van der Waals surface area contributed by atoms with E-state index in [1.807, 2.05) is 0 Å². The lowest BCUT2D eigenvalue weighted by molar-refractivity contribution is -0.0555. The van der Waals surface area contributed by atoms with E-state index in [1.54, 1.807) is 12.1 Å². The number of benzene rings is 1. The van der Waals surface area contributed by atoms with Gasteiger partial charge in [0.1, 0.15) is 42.4 Å². The molecule has 1 fully saturated rings. The van der Waals surface area contributed by atoms with Gasteiger partial charge < -0.3 is 35.1 Å². The lowest BCUT2D eigenvalue weighted by Gasteiger charge is -2.21. The average molecular weight is 803 g/mol. The van der Waals surface area contributed by atoms with Gasteiger partial charge in [0.15, 0.2) is 5.82 Å². The van der Waals surface area contributed by atoms with Crippen LogP contribution in [-0.2, 0) is 47.3 Å². The number of phosphoric acid groups is 1. The second-order valence-corrected chi connectivity index (χ2v) is 17.1. The summed E-state index contributed by atoms with van der Waals surface area (Å²) >= 11 is 0. The summed E-state index contributed by atoms with van der Waals surface area (Å²) in [7, 11) is -4.61. The van der Waals surface area contributed by atoms with Crippen LogP contribution in [0.2, 0.25) is 0 Å². The van der Waals surface area contributed by atoms with Crippen LogP contribution in [0.3, 0.4) is 0 Å².